The van der Waals surface area contributed by atoms with E-state index in [1.807, 2.05) is 12.1 Å². The molecule has 0 saturated heterocycles. The maximum atomic E-state index is 3.29. The van der Waals surface area contributed by atoms with E-state index in [4.69, 9.17) is 0 Å². The molecule has 2 radical (unpaired) electrons. The summed E-state index contributed by atoms with van der Waals surface area (Å²) in [5.74, 6) is 13.1. The van der Waals surface area contributed by atoms with Crippen molar-refractivity contribution in [2.45, 2.75) is 36.3 Å². The van der Waals surface area contributed by atoms with Crippen molar-refractivity contribution in [2.24, 2.45) is 0 Å². The van der Waals surface area contributed by atoms with Gasteiger partial charge in [-0.1, -0.05) is 0 Å². The molecule has 2 aromatic rings. The molecule has 2 heteroatoms. The molecule has 2 aromatic carbocycles. The third-order valence-electron chi connectivity index (χ3n) is 3.65. The van der Waals surface area contributed by atoms with Gasteiger partial charge in [0, 0.05) is 0 Å². The summed E-state index contributed by atoms with van der Waals surface area (Å²) in [6.45, 7) is 0. The summed E-state index contributed by atoms with van der Waals surface area (Å²) in [5, 5.41) is 1.83. The number of rotatable bonds is 5. The fourth-order valence-corrected chi connectivity index (χ4v) is 3.33. The summed E-state index contributed by atoms with van der Waals surface area (Å²) in [6.07, 6.45) is 4.07. The third-order valence-corrected chi connectivity index (χ3v) is 4.95. The van der Waals surface area contributed by atoms with Crippen LogP contribution in [-0.2, 0) is 10.6 Å². The van der Waals surface area contributed by atoms with Crippen LogP contribution >= 0.6 is 0 Å². The normalized spacial score (nSPS) is 9.58. The van der Waals surface area contributed by atoms with Gasteiger partial charge in [0.25, 0.3) is 0 Å². The van der Waals surface area contributed by atoms with E-state index in [9.17, 15) is 0 Å². The fourth-order valence-electron chi connectivity index (χ4n) is 2.28. The number of hydrogen-bond acceptors (Lipinski definition) is 0. The predicted molar refractivity (Wildman–Crippen MR) is 104 cm³/mol. The zero-order valence-corrected chi connectivity index (χ0v) is 17.1. The van der Waals surface area contributed by atoms with E-state index in [0.29, 0.717) is 0 Å². The average Bonchev–Trinajstić information content (AvgIpc) is 2.64. The summed E-state index contributed by atoms with van der Waals surface area (Å²) in [4.78, 5) is 0. The van der Waals surface area contributed by atoms with Gasteiger partial charge in [-0.25, -0.2) is 0 Å². The first-order valence-electron chi connectivity index (χ1n) is 8.15. The second kappa shape index (κ2) is 11.2. The fraction of sp³-hybridized carbons (Fsp3) is 0.273. The number of benzene rings is 2. The van der Waals surface area contributed by atoms with E-state index in [0.717, 1.165) is 47.4 Å². The van der Waals surface area contributed by atoms with Crippen LogP contribution in [0.25, 0.3) is 0 Å². The van der Waals surface area contributed by atoms with Crippen LogP contribution in [0.5, 0.6) is 0 Å². The summed E-state index contributed by atoms with van der Waals surface area (Å²) in [6, 6.07) is 16.7. The van der Waals surface area contributed by atoms with E-state index in [1.165, 1.54) is 11.1 Å². The Bertz CT molecular complexity index is 702. The first-order valence-corrected chi connectivity index (χ1v) is 10.6. The molecule has 24 heavy (non-hydrogen) atoms. The third kappa shape index (κ3) is 6.24. The zero-order valence-electron chi connectivity index (χ0n) is 13.7. The molecule has 0 spiro atoms. The molecule has 0 amide bonds. The monoisotopic (exact) mass is 444 g/mol. The van der Waals surface area contributed by atoms with Crippen molar-refractivity contribution < 1.29 is 0 Å². The molecular weight excluding hydrogens is 422 g/mol. The first-order chi connectivity index (χ1) is 11.8. The molecule has 0 aliphatic heterocycles. The van der Waals surface area contributed by atoms with Crippen molar-refractivity contribution in [1.82, 2.24) is 0 Å². The maximum absolute atomic E-state index is 3.29. The summed E-state index contributed by atoms with van der Waals surface area (Å²) >= 11 is 6.12. The molecule has 0 saturated carbocycles. The Morgan fingerprint density at radius 2 is 1.04 bits per heavy atom. The predicted octanol–water partition coefficient (Wildman–Crippen LogP) is 3.99. The van der Waals surface area contributed by atoms with Crippen molar-refractivity contribution >= 4 is 32.0 Å². The van der Waals surface area contributed by atoms with Gasteiger partial charge < -0.3 is 0 Å². The molecule has 0 heterocycles. The molecule has 0 atom stereocenters. The van der Waals surface area contributed by atoms with Crippen LogP contribution in [0.15, 0.2) is 48.5 Å². The minimum atomic E-state index is 0.914. The zero-order chi connectivity index (χ0) is 17.0. The van der Waals surface area contributed by atoms with Gasteiger partial charge in [-0.3, -0.25) is 0 Å². The first kappa shape index (κ1) is 18.9. The Hall–Kier alpha value is -1.40. The average molecular weight is 442 g/mol. The van der Waals surface area contributed by atoms with E-state index in [-0.39, 0.29) is 0 Å². The molecule has 0 bridgehead atoms. The molecule has 0 aliphatic rings. The standard InChI is InChI=1S/C22H20Se2/c23-17-21-15-9-7-13-19(21)11-5-3-1-2-4-6-12-20-14-8-10-16-22(20)18-24/h7-10,13-16H,1-4,17-18H2. The van der Waals surface area contributed by atoms with Crippen molar-refractivity contribution in [3.05, 3.63) is 70.8 Å². The van der Waals surface area contributed by atoms with Gasteiger partial charge in [0.15, 0.2) is 0 Å². The summed E-state index contributed by atoms with van der Waals surface area (Å²) in [5.41, 5.74) is 4.85. The van der Waals surface area contributed by atoms with Crippen molar-refractivity contribution in [3.63, 3.8) is 0 Å². The van der Waals surface area contributed by atoms with Gasteiger partial charge >= 0.3 is 163 Å². The SMILES string of the molecule is [Se]Cc1ccccc1C#CCCCCC#Cc1ccccc1C[Se]. The quantitative estimate of drug-likeness (QED) is 0.373. The van der Waals surface area contributed by atoms with Crippen LogP contribution < -0.4 is 0 Å². The second-order valence-corrected chi connectivity index (χ2v) is 6.62. The van der Waals surface area contributed by atoms with Crippen LogP contribution in [-0.4, -0.2) is 32.0 Å². The van der Waals surface area contributed by atoms with E-state index >= 15 is 0 Å². The van der Waals surface area contributed by atoms with Gasteiger partial charge in [0.2, 0.25) is 0 Å². The van der Waals surface area contributed by atoms with Gasteiger partial charge in [-0.15, -0.1) is 0 Å². The Labute approximate surface area is 162 Å². The molecular formula is C22H20Se2. The molecule has 0 nitrogen and oxygen atoms in total. The molecule has 0 fully saturated rings. The molecule has 0 N–H and O–H groups in total. The van der Waals surface area contributed by atoms with Gasteiger partial charge in [0.05, 0.1) is 0 Å². The van der Waals surface area contributed by atoms with Gasteiger partial charge in [-0.2, -0.15) is 0 Å². The van der Waals surface area contributed by atoms with E-state index in [2.05, 4.69) is 92.1 Å². The molecule has 2 rings (SSSR count). The topological polar surface area (TPSA) is 0 Å². The second-order valence-electron chi connectivity index (χ2n) is 5.41. The molecule has 0 aromatic heterocycles. The molecule has 0 unspecified atom stereocenters. The molecule has 0 aliphatic carbocycles. The molecule has 120 valence electrons. The van der Waals surface area contributed by atoms with E-state index in [1.54, 1.807) is 0 Å². The van der Waals surface area contributed by atoms with Crippen molar-refractivity contribution in [1.29, 1.82) is 0 Å². The van der Waals surface area contributed by atoms with Crippen LogP contribution in [0.3, 0.4) is 0 Å². The number of hydrogen-bond donors (Lipinski definition) is 0. The van der Waals surface area contributed by atoms with E-state index < -0.39 is 0 Å². The Balaban J connectivity index is 1.75. The van der Waals surface area contributed by atoms with Gasteiger partial charge in [-0.05, 0) is 0 Å². The Kier molecular flexibility index (Phi) is 8.84. The van der Waals surface area contributed by atoms with Crippen LogP contribution in [0, 0.1) is 23.7 Å². The Morgan fingerprint density at radius 1 is 0.625 bits per heavy atom. The van der Waals surface area contributed by atoms with Crippen molar-refractivity contribution in [3.8, 4) is 23.7 Å². The number of unbranched alkanes of at least 4 members (excludes halogenated alkanes) is 3. The van der Waals surface area contributed by atoms with Gasteiger partial charge in [0.1, 0.15) is 0 Å². The summed E-state index contributed by atoms with van der Waals surface area (Å²) < 4.78 is 0. The summed E-state index contributed by atoms with van der Waals surface area (Å²) in [7, 11) is 0. The Morgan fingerprint density at radius 3 is 1.46 bits per heavy atom. The van der Waals surface area contributed by atoms with Crippen LogP contribution in [0.4, 0.5) is 0 Å². The minimum absolute atomic E-state index is 0.914. The van der Waals surface area contributed by atoms with Crippen LogP contribution in [0.2, 0.25) is 0 Å². The van der Waals surface area contributed by atoms with Crippen LogP contribution in [0.1, 0.15) is 47.9 Å². The van der Waals surface area contributed by atoms with Crippen molar-refractivity contribution in [2.75, 3.05) is 0 Å².